The minimum absolute atomic E-state index is 0.109. The summed E-state index contributed by atoms with van der Waals surface area (Å²) in [4.78, 5) is 16.8. The molecular weight excluding hydrogens is 312 g/mol. The third kappa shape index (κ3) is 6.58. The van der Waals surface area contributed by atoms with Gasteiger partial charge in [0.05, 0.1) is 0 Å². The van der Waals surface area contributed by atoms with Gasteiger partial charge in [0.25, 0.3) is 0 Å². The molecule has 0 spiro atoms. The van der Waals surface area contributed by atoms with Crippen LogP contribution in [0.2, 0.25) is 0 Å². The summed E-state index contributed by atoms with van der Waals surface area (Å²) in [7, 11) is 2.16. The van der Waals surface area contributed by atoms with E-state index in [1.54, 1.807) is 0 Å². The number of anilines is 2. The SMILES string of the molecule is CCCCC(CC)CNC(=O)Nc1ccc(N2CCN(C)CC2)cc1. The van der Waals surface area contributed by atoms with Crippen molar-refractivity contribution in [3.05, 3.63) is 24.3 Å². The number of amides is 2. The second-order valence-corrected chi connectivity index (χ2v) is 7.09. The molecule has 1 aliphatic heterocycles. The summed E-state index contributed by atoms with van der Waals surface area (Å²) < 4.78 is 0. The molecule has 2 rings (SSSR count). The fraction of sp³-hybridized carbons (Fsp3) is 0.650. The Balaban J connectivity index is 1.77. The number of rotatable bonds is 8. The molecule has 2 amide bonds. The quantitative estimate of drug-likeness (QED) is 0.753. The van der Waals surface area contributed by atoms with Crippen LogP contribution in [-0.4, -0.2) is 50.7 Å². The summed E-state index contributed by atoms with van der Waals surface area (Å²) in [5.74, 6) is 0.574. The fourth-order valence-electron chi connectivity index (χ4n) is 3.18. The van der Waals surface area contributed by atoms with Crippen LogP contribution in [0.1, 0.15) is 39.5 Å². The van der Waals surface area contributed by atoms with Crippen molar-refractivity contribution in [2.24, 2.45) is 5.92 Å². The number of carbonyl (C=O) groups excluding carboxylic acids is 1. The topological polar surface area (TPSA) is 47.6 Å². The van der Waals surface area contributed by atoms with Crippen LogP contribution in [0.25, 0.3) is 0 Å². The standard InChI is InChI=1S/C20H34N4O/c1-4-6-7-17(5-2)16-21-20(25)22-18-8-10-19(11-9-18)24-14-12-23(3)13-15-24/h8-11,17H,4-7,12-16H2,1-3H3,(H2,21,22,25). The van der Waals surface area contributed by atoms with Crippen molar-refractivity contribution in [2.45, 2.75) is 39.5 Å². The normalized spacial score (nSPS) is 16.5. The molecule has 0 bridgehead atoms. The Hall–Kier alpha value is -1.75. The maximum absolute atomic E-state index is 12.1. The minimum atomic E-state index is -0.109. The number of likely N-dealkylation sites (N-methyl/N-ethyl adjacent to an activating group) is 1. The van der Waals surface area contributed by atoms with Crippen molar-refractivity contribution in [3.8, 4) is 0 Å². The summed E-state index contributed by atoms with van der Waals surface area (Å²) >= 11 is 0. The monoisotopic (exact) mass is 346 g/mol. The smallest absolute Gasteiger partial charge is 0.319 e. The summed E-state index contributed by atoms with van der Waals surface area (Å²) in [5, 5.41) is 5.95. The second-order valence-electron chi connectivity index (χ2n) is 7.09. The lowest BCUT2D eigenvalue weighted by molar-refractivity contribution is 0.249. The van der Waals surface area contributed by atoms with Gasteiger partial charge in [-0.3, -0.25) is 0 Å². The lowest BCUT2D eigenvalue weighted by Crippen LogP contribution is -2.44. The molecule has 5 heteroatoms. The Morgan fingerprint density at radius 1 is 1.12 bits per heavy atom. The largest absolute Gasteiger partial charge is 0.369 e. The molecule has 0 radical (unpaired) electrons. The van der Waals surface area contributed by atoms with E-state index in [1.165, 1.54) is 24.9 Å². The number of carbonyl (C=O) groups is 1. The van der Waals surface area contributed by atoms with Crippen LogP contribution in [0.5, 0.6) is 0 Å². The van der Waals surface area contributed by atoms with Crippen LogP contribution >= 0.6 is 0 Å². The number of nitrogens with zero attached hydrogens (tertiary/aromatic N) is 2. The van der Waals surface area contributed by atoms with Gasteiger partial charge in [0.15, 0.2) is 0 Å². The number of piperazine rings is 1. The zero-order valence-electron chi connectivity index (χ0n) is 16.1. The molecule has 1 atom stereocenters. The zero-order chi connectivity index (χ0) is 18.1. The molecule has 0 saturated carbocycles. The van der Waals surface area contributed by atoms with Crippen molar-refractivity contribution in [1.29, 1.82) is 0 Å². The van der Waals surface area contributed by atoms with Crippen molar-refractivity contribution < 1.29 is 4.79 Å². The summed E-state index contributed by atoms with van der Waals surface area (Å²) in [6.07, 6.45) is 4.74. The van der Waals surface area contributed by atoms with Crippen LogP contribution in [0.3, 0.4) is 0 Å². The first-order valence-electron chi connectivity index (χ1n) is 9.70. The molecule has 140 valence electrons. The average Bonchev–Trinajstić information content (AvgIpc) is 2.63. The first-order valence-corrected chi connectivity index (χ1v) is 9.70. The predicted molar refractivity (Wildman–Crippen MR) is 106 cm³/mol. The lowest BCUT2D eigenvalue weighted by atomic mass is 9.99. The first-order chi connectivity index (χ1) is 12.1. The van der Waals surface area contributed by atoms with Gasteiger partial charge in [-0.1, -0.05) is 33.1 Å². The number of benzene rings is 1. The minimum Gasteiger partial charge on any atom is -0.369 e. The van der Waals surface area contributed by atoms with E-state index in [2.05, 4.69) is 53.5 Å². The van der Waals surface area contributed by atoms with E-state index in [1.807, 2.05) is 12.1 Å². The molecule has 1 fully saturated rings. The van der Waals surface area contributed by atoms with Gasteiger partial charge in [-0.25, -0.2) is 4.79 Å². The fourth-order valence-corrected chi connectivity index (χ4v) is 3.18. The Morgan fingerprint density at radius 3 is 2.40 bits per heavy atom. The van der Waals surface area contributed by atoms with E-state index in [0.29, 0.717) is 5.92 Å². The molecule has 1 aliphatic rings. The number of hydrogen-bond acceptors (Lipinski definition) is 3. The molecule has 1 heterocycles. The lowest BCUT2D eigenvalue weighted by Gasteiger charge is -2.34. The molecule has 5 nitrogen and oxygen atoms in total. The van der Waals surface area contributed by atoms with Crippen molar-refractivity contribution in [1.82, 2.24) is 10.2 Å². The third-order valence-electron chi connectivity index (χ3n) is 5.09. The number of urea groups is 1. The van der Waals surface area contributed by atoms with Crippen LogP contribution < -0.4 is 15.5 Å². The van der Waals surface area contributed by atoms with Crippen molar-refractivity contribution in [3.63, 3.8) is 0 Å². The van der Waals surface area contributed by atoms with Crippen molar-refractivity contribution in [2.75, 3.05) is 50.0 Å². The Labute approximate surface area is 152 Å². The molecule has 0 aromatic heterocycles. The van der Waals surface area contributed by atoms with E-state index >= 15 is 0 Å². The summed E-state index contributed by atoms with van der Waals surface area (Å²) in [6.45, 7) is 9.45. The van der Waals surface area contributed by atoms with Gasteiger partial charge < -0.3 is 20.4 Å². The van der Waals surface area contributed by atoms with Crippen LogP contribution in [0.4, 0.5) is 16.2 Å². The highest BCUT2D eigenvalue weighted by molar-refractivity contribution is 5.89. The highest BCUT2D eigenvalue weighted by Gasteiger charge is 2.14. The molecule has 1 saturated heterocycles. The van der Waals surface area contributed by atoms with E-state index < -0.39 is 0 Å². The van der Waals surface area contributed by atoms with Crippen LogP contribution in [-0.2, 0) is 0 Å². The Bertz CT molecular complexity index is 509. The van der Waals surface area contributed by atoms with Gasteiger partial charge in [0.1, 0.15) is 0 Å². The van der Waals surface area contributed by atoms with Crippen LogP contribution in [0.15, 0.2) is 24.3 Å². The van der Waals surface area contributed by atoms with Gasteiger partial charge >= 0.3 is 6.03 Å². The van der Waals surface area contributed by atoms with Crippen LogP contribution in [0, 0.1) is 5.92 Å². The highest BCUT2D eigenvalue weighted by atomic mass is 16.2. The Morgan fingerprint density at radius 2 is 1.80 bits per heavy atom. The summed E-state index contributed by atoms with van der Waals surface area (Å²) in [5.41, 5.74) is 2.07. The van der Waals surface area contributed by atoms with Gasteiger partial charge in [0.2, 0.25) is 0 Å². The van der Waals surface area contributed by atoms with Gasteiger partial charge in [-0.05, 0) is 43.7 Å². The second kappa shape index (κ2) is 10.3. The first kappa shape index (κ1) is 19.6. The van der Waals surface area contributed by atoms with E-state index in [0.717, 1.165) is 44.8 Å². The molecular formula is C20H34N4O. The van der Waals surface area contributed by atoms with Gasteiger partial charge in [0, 0.05) is 44.1 Å². The molecule has 2 N–H and O–H groups in total. The molecule has 1 aromatic carbocycles. The predicted octanol–water partition coefficient (Wildman–Crippen LogP) is 3.78. The Kier molecular flexibility index (Phi) is 8.06. The molecule has 0 aliphatic carbocycles. The van der Waals surface area contributed by atoms with E-state index in [9.17, 15) is 4.79 Å². The third-order valence-corrected chi connectivity index (χ3v) is 5.09. The number of nitrogens with one attached hydrogen (secondary N) is 2. The zero-order valence-corrected chi connectivity index (χ0v) is 16.1. The number of hydrogen-bond donors (Lipinski definition) is 2. The molecule has 1 unspecified atom stereocenters. The summed E-state index contributed by atoms with van der Waals surface area (Å²) in [6, 6.07) is 8.05. The average molecular weight is 347 g/mol. The number of unbranched alkanes of at least 4 members (excludes halogenated alkanes) is 1. The molecule has 25 heavy (non-hydrogen) atoms. The highest BCUT2D eigenvalue weighted by Crippen LogP contribution is 2.19. The van der Waals surface area contributed by atoms with Gasteiger partial charge in [-0.2, -0.15) is 0 Å². The van der Waals surface area contributed by atoms with Gasteiger partial charge in [-0.15, -0.1) is 0 Å². The van der Waals surface area contributed by atoms with Crippen molar-refractivity contribution >= 4 is 17.4 Å². The maximum Gasteiger partial charge on any atom is 0.319 e. The maximum atomic E-state index is 12.1. The van der Waals surface area contributed by atoms with E-state index in [4.69, 9.17) is 0 Å². The molecule has 1 aromatic rings. The van der Waals surface area contributed by atoms with E-state index in [-0.39, 0.29) is 6.03 Å².